The molecule has 1 aromatic rings. The monoisotopic (exact) mass is 279 g/mol. The third-order valence-electron chi connectivity index (χ3n) is 4.29. The maximum absolute atomic E-state index is 13.1. The lowest BCUT2D eigenvalue weighted by molar-refractivity contribution is 0.0865. The summed E-state index contributed by atoms with van der Waals surface area (Å²) in [7, 11) is 0. The van der Waals surface area contributed by atoms with Gasteiger partial charge in [-0.2, -0.15) is 0 Å². The summed E-state index contributed by atoms with van der Waals surface area (Å²) in [6.07, 6.45) is 3.53. The van der Waals surface area contributed by atoms with E-state index in [0.29, 0.717) is 12.0 Å². The Morgan fingerprint density at radius 3 is 3.10 bits per heavy atom. The van der Waals surface area contributed by atoms with Gasteiger partial charge in [-0.1, -0.05) is 6.92 Å². The zero-order chi connectivity index (χ0) is 13.9. The molecule has 3 nitrogen and oxygen atoms in total. The van der Waals surface area contributed by atoms with Crippen LogP contribution in [0.1, 0.15) is 25.3 Å². The van der Waals surface area contributed by atoms with Gasteiger partial charge in [-0.15, -0.1) is 0 Å². The van der Waals surface area contributed by atoms with Crippen LogP contribution in [0.15, 0.2) is 18.2 Å². The molecule has 1 fully saturated rings. The molecule has 20 heavy (non-hydrogen) atoms. The van der Waals surface area contributed by atoms with Crippen LogP contribution in [0.25, 0.3) is 0 Å². The third kappa shape index (κ3) is 2.96. The van der Waals surface area contributed by atoms with Crippen molar-refractivity contribution in [2.75, 3.05) is 19.7 Å². The van der Waals surface area contributed by atoms with Crippen molar-refractivity contribution in [2.45, 2.75) is 38.4 Å². The molecule has 0 radical (unpaired) electrons. The Morgan fingerprint density at radius 1 is 1.35 bits per heavy atom. The number of ether oxygens (including phenoxy) is 2. The van der Waals surface area contributed by atoms with Crippen LogP contribution >= 0.6 is 0 Å². The van der Waals surface area contributed by atoms with Gasteiger partial charge in [0.1, 0.15) is 17.7 Å². The van der Waals surface area contributed by atoms with Crippen LogP contribution in [0, 0.1) is 11.7 Å². The minimum absolute atomic E-state index is 0.120. The SMILES string of the molecule is CCC1OCCC1CNCC1Cc2cc(F)ccc2O1. The summed E-state index contributed by atoms with van der Waals surface area (Å²) in [5.74, 6) is 1.25. The van der Waals surface area contributed by atoms with E-state index in [4.69, 9.17) is 9.47 Å². The van der Waals surface area contributed by atoms with E-state index in [9.17, 15) is 4.39 Å². The van der Waals surface area contributed by atoms with E-state index in [1.54, 1.807) is 12.1 Å². The van der Waals surface area contributed by atoms with Crippen LogP contribution in [0.5, 0.6) is 5.75 Å². The Morgan fingerprint density at radius 2 is 2.25 bits per heavy atom. The normalized spacial score (nSPS) is 28.4. The van der Waals surface area contributed by atoms with Crippen molar-refractivity contribution in [1.82, 2.24) is 5.32 Å². The summed E-state index contributed by atoms with van der Waals surface area (Å²) >= 11 is 0. The standard InChI is InChI=1S/C16H22FNO2/c1-2-15-11(5-6-19-15)9-18-10-14-8-12-7-13(17)3-4-16(12)20-14/h3-4,7,11,14-15,18H,2,5-6,8-10H2,1H3. The van der Waals surface area contributed by atoms with Gasteiger partial charge in [0, 0.05) is 31.7 Å². The molecule has 4 heteroatoms. The second-order valence-electron chi connectivity index (χ2n) is 5.72. The first-order chi connectivity index (χ1) is 9.76. The molecular weight excluding hydrogens is 257 g/mol. The fourth-order valence-corrected chi connectivity index (χ4v) is 3.21. The molecule has 0 spiro atoms. The van der Waals surface area contributed by atoms with Crippen LogP contribution < -0.4 is 10.1 Å². The lowest BCUT2D eigenvalue weighted by atomic mass is 9.99. The summed E-state index contributed by atoms with van der Waals surface area (Å²) in [6, 6.07) is 4.76. The van der Waals surface area contributed by atoms with Crippen LogP contribution in [0.3, 0.4) is 0 Å². The molecule has 0 aromatic heterocycles. The highest BCUT2D eigenvalue weighted by Gasteiger charge is 2.27. The van der Waals surface area contributed by atoms with Gasteiger partial charge in [0.05, 0.1) is 6.10 Å². The van der Waals surface area contributed by atoms with Gasteiger partial charge in [-0.25, -0.2) is 4.39 Å². The lowest BCUT2D eigenvalue weighted by Gasteiger charge is -2.18. The highest BCUT2D eigenvalue weighted by molar-refractivity contribution is 5.37. The fraction of sp³-hybridized carbons (Fsp3) is 0.625. The number of hydrogen-bond donors (Lipinski definition) is 1. The summed E-state index contributed by atoms with van der Waals surface area (Å²) in [5.41, 5.74) is 0.979. The number of rotatable bonds is 5. The smallest absolute Gasteiger partial charge is 0.123 e. The quantitative estimate of drug-likeness (QED) is 0.898. The van der Waals surface area contributed by atoms with Crippen LogP contribution in [-0.2, 0) is 11.2 Å². The Kier molecular flexibility index (Phi) is 4.22. The largest absolute Gasteiger partial charge is 0.488 e. The molecule has 1 aromatic carbocycles. The lowest BCUT2D eigenvalue weighted by Crippen LogP contribution is -2.35. The van der Waals surface area contributed by atoms with Crippen molar-refractivity contribution >= 4 is 0 Å². The number of benzene rings is 1. The molecule has 110 valence electrons. The molecule has 0 aliphatic carbocycles. The highest BCUT2D eigenvalue weighted by atomic mass is 19.1. The number of fused-ring (bicyclic) bond motifs is 1. The first-order valence-corrected chi connectivity index (χ1v) is 7.53. The average Bonchev–Trinajstić information content (AvgIpc) is 3.04. The Labute approximate surface area is 119 Å². The molecular formula is C16H22FNO2. The van der Waals surface area contributed by atoms with Gasteiger partial charge in [0.2, 0.25) is 0 Å². The number of halogens is 1. The van der Waals surface area contributed by atoms with E-state index in [-0.39, 0.29) is 11.9 Å². The van der Waals surface area contributed by atoms with Gasteiger partial charge in [-0.05, 0) is 37.0 Å². The molecule has 3 unspecified atom stereocenters. The molecule has 0 bridgehead atoms. The molecule has 0 amide bonds. The van der Waals surface area contributed by atoms with E-state index in [1.807, 2.05) is 0 Å². The van der Waals surface area contributed by atoms with Gasteiger partial charge in [0.25, 0.3) is 0 Å². The van der Waals surface area contributed by atoms with Crippen molar-refractivity contribution in [1.29, 1.82) is 0 Å². The van der Waals surface area contributed by atoms with Crippen molar-refractivity contribution in [3.63, 3.8) is 0 Å². The summed E-state index contributed by atoms with van der Waals surface area (Å²) in [5, 5.41) is 3.48. The average molecular weight is 279 g/mol. The highest BCUT2D eigenvalue weighted by Crippen LogP contribution is 2.29. The number of hydrogen-bond acceptors (Lipinski definition) is 3. The van der Waals surface area contributed by atoms with E-state index in [0.717, 1.165) is 50.3 Å². The van der Waals surface area contributed by atoms with E-state index in [2.05, 4.69) is 12.2 Å². The Balaban J connectivity index is 1.45. The first kappa shape index (κ1) is 13.8. The van der Waals surface area contributed by atoms with Crippen molar-refractivity contribution < 1.29 is 13.9 Å². The van der Waals surface area contributed by atoms with Crippen molar-refractivity contribution in [2.24, 2.45) is 5.92 Å². The minimum Gasteiger partial charge on any atom is -0.488 e. The molecule has 0 saturated carbocycles. The third-order valence-corrected chi connectivity index (χ3v) is 4.29. The fourth-order valence-electron chi connectivity index (χ4n) is 3.21. The maximum atomic E-state index is 13.1. The van der Waals surface area contributed by atoms with Crippen LogP contribution in [0.4, 0.5) is 4.39 Å². The van der Waals surface area contributed by atoms with E-state index >= 15 is 0 Å². The Bertz CT molecular complexity index is 466. The molecule has 3 atom stereocenters. The summed E-state index contributed by atoms with van der Waals surface area (Å²) in [4.78, 5) is 0. The summed E-state index contributed by atoms with van der Waals surface area (Å²) in [6.45, 7) is 4.84. The molecule has 1 saturated heterocycles. The minimum atomic E-state index is -0.185. The Hall–Kier alpha value is -1.13. The molecule has 2 heterocycles. The van der Waals surface area contributed by atoms with Gasteiger partial charge < -0.3 is 14.8 Å². The second kappa shape index (κ2) is 6.10. The van der Waals surface area contributed by atoms with Crippen LogP contribution in [-0.4, -0.2) is 31.9 Å². The maximum Gasteiger partial charge on any atom is 0.123 e. The summed E-state index contributed by atoms with van der Waals surface area (Å²) < 4.78 is 24.6. The van der Waals surface area contributed by atoms with Crippen LogP contribution in [0.2, 0.25) is 0 Å². The first-order valence-electron chi connectivity index (χ1n) is 7.53. The van der Waals surface area contributed by atoms with Gasteiger partial charge in [-0.3, -0.25) is 0 Å². The second-order valence-corrected chi connectivity index (χ2v) is 5.72. The van der Waals surface area contributed by atoms with Crippen molar-refractivity contribution in [3.05, 3.63) is 29.6 Å². The van der Waals surface area contributed by atoms with Gasteiger partial charge >= 0.3 is 0 Å². The van der Waals surface area contributed by atoms with Crippen molar-refractivity contribution in [3.8, 4) is 5.75 Å². The molecule has 3 rings (SSSR count). The topological polar surface area (TPSA) is 30.5 Å². The zero-order valence-corrected chi connectivity index (χ0v) is 11.9. The predicted molar refractivity (Wildman–Crippen MR) is 75.5 cm³/mol. The van der Waals surface area contributed by atoms with E-state index < -0.39 is 0 Å². The van der Waals surface area contributed by atoms with E-state index in [1.165, 1.54) is 6.07 Å². The van der Waals surface area contributed by atoms with Gasteiger partial charge in [0.15, 0.2) is 0 Å². The zero-order valence-electron chi connectivity index (χ0n) is 11.9. The molecule has 2 aliphatic heterocycles. The number of nitrogens with one attached hydrogen (secondary N) is 1. The predicted octanol–water partition coefficient (Wildman–Crippen LogP) is 2.53. The molecule has 2 aliphatic rings. The molecule has 1 N–H and O–H groups in total.